The van der Waals surface area contributed by atoms with Crippen LogP contribution in [0.25, 0.3) is 11.4 Å². The lowest BCUT2D eigenvalue weighted by Gasteiger charge is -2.31. The number of nitrogens with zero attached hydrogens (tertiary/aromatic N) is 5. The van der Waals surface area contributed by atoms with Crippen molar-refractivity contribution in [3.8, 4) is 23.7 Å². The molecule has 0 saturated carbocycles. The largest absolute Gasteiger partial charge is 0.343 e. The molecule has 0 spiro atoms. The van der Waals surface area contributed by atoms with Gasteiger partial charge in [-0.2, -0.15) is 15.3 Å². The van der Waals surface area contributed by atoms with Crippen molar-refractivity contribution in [2.45, 2.75) is 50.1 Å². The molecule has 1 fully saturated rings. The zero-order chi connectivity index (χ0) is 19.4. The van der Waals surface area contributed by atoms with E-state index in [9.17, 15) is 4.79 Å². The summed E-state index contributed by atoms with van der Waals surface area (Å²) in [5, 5.41) is 15.7. The number of carbonyl (C=O) groups is 1. The van der Waals surface area contributed by atoms with Crippen molar-refractivity contribution in [1.82, 2.24) is 20.1 Å². The van der Waals surface area contributed by atoms with E-state index in [1.807, 2.05) is 35.2 Å². The molecule has 1 amide bonds. The minimum absolute atomic E-state index is 0.179. The summed E-state index contributed by atoms with van der Waals surface area (Å²) >= 11 is 0. The van der Waals surface area contributed by atoms with E-state index in [1.165, 1.54) is 0 Å². The monoisotopic (exact) mass is 376 g/mol. The van der Waals surface area contributed by atoms with Crippen molar-refractivity contribution >= 4 is 5.91 Å². The summed E-state index contributed by atoms with van der Waals surface area (Å²) in [6, 6.07) is 9.95. The minimum Gasteiger partial charge on any atom is -0.343 e. The molecule has 0 aliphatic carbocycles. The standard InChI is InChI=1S/C21H24N6O/c1-2-3-12-21(25-26-21)13-9-18(28)27-14-10-17(11-15-27)20-22-19(23-24-20)16-7-5-4-6-8-16/h1,4-8,17H,3,9-15H2,(H,22,23,24). The Balaban J connectivity index is 1.26. The molecule has 0 unspecified atom stereocenters. The predicted molar refractivity (Wildman–Crippen MR) is 105 cm³/mol. The van der Waals surface area contributed by atoms with E-state index in [0.717, 1.165) is 49.6 Å². The number of benzene rings is 1. The fourth-order valence-electron chi connectivity index (χ4n) is 3.71. The van der Waals surface area contributed by atoms with E-state index in [4.69, 9.17) is 6.42 Å². The van der Waals surface area contributed by atoms with Gasteiger partial charge in [-0.15, -0.1) is 12.3 Å². The minimum atomic E-state index is -0.381. The summed E-state index contributed by atoms with van der Waals surface area (Å²) in [7, 11) is 0. The normalized spacial score (nSPS) is 18.0. The van der Waals surface area contributed by atoms with Crippen molar-refractivity contribution in [3.63, 3.8) is 0 Å². The van der Waals surface area contributed by atoms with Crippen LogP contribution >= 0.6 is 0 Å². The Labute approximate surface area is 164 Å². The van der Waals surface area contributed by atoms with Crippen molar-refractivity contribution in [3.05, 3.63) is 36.2 Å². The Morgan fingerprint density at radius 3 is 2.64 bits per heavy atom. The number of hydrogen-bond acceptors (Lipinski definition) is 5. The molecule has 1 N–H and O–H groups in total. The average Bonchev–Trinajstić information content (AvgIpc) is 3.35. The highest BCUT2D eigenvalue weighted by Gasteiger charge is 2.39. The number of carbonyl (C=O) groups excluding carboxylic acids is 1. The molecule has 144 valence electrons. The maximum atomic E-state index is 12.5. The lowest BCUT2D eigenvalue weighted by molar-refractivity contribution is -0.132. The summed E-state index contributed by atoms with van der Waals surface area (Å²) in [5.41, 5.74) is 0.626. The molecule has 0 atom stereocenters. The number of aromatic amines is 1. The van der Waals surface area contributed by atoms with Gasteiger partial charge < -0.3 is 4.90 Å². The van der Waals surface area contributed by atoms with Gasteiger partial charge in [0.1, 0.15) is 5.82 Å². The Morgan fingerprint density at radius 2 is 1.96 bits per heavy atom. The summed E-state index contributed by atoms with van der Waals surface area (Å²) in [6.45, 7) is 1.49. The molecule has 3 heterocycles. The van der Waals surface area contributed by atoms with Gasteiger partial charge in [0, 0.05) is 50.3 Å². The topological polar surface area (TPSA) is 86.6 Å². The molecule has 7 nitrogen and oxygen atoms in total. The number of aromatic nitrogens is 3. The van der Waals surface area contributed by atoms with E-state index < -0.39 is 0 Å². The summed E-state index contributed by atoms with van der Waals surface area (Å²) in [6.07, 6.45) is 9.63. The zero-order valence-corrected chi connectivity index (χ0v) is 15.8. The maximum Gasteiger partial charge on any atom is 0.222 e. The van der Waals surface area contributed by atoms with Crippen LogP contribution in [-0.4, -0.2) is 44.7 Å². The Bertz CT molecular complexity index is 883. The van der Waals surface area contributed by atoms with E-state index in [0.29, 0.717) is 25.2 Å². The highest BCUT2D eigenvalue weighted by atomic mass is 16.2. The molecular weight excluding hydrogens is 352 g/mol. The number of piperidine rings is 1. The molecular formula is C21H24N6O. The fraction of sp³-hybridized carbons (Fsp3) is 0.476. The number of terminal acetylenes is 1. The average molecular weight is 376 g/mol. The number of amides is 1. The highest BCUT2D eigenvalue weighted by Crippen LogP contribution is 2.38. The van der Waals surface area contributed by atoms with Gasteiger partial charge in [-0.1, -0.05) is 30.3 Å². The second-order valence-corrected chi connectivity index (χ2v) is 7.45. The third kappa shape index (κ3) is 4.11. The molecule has 0 radical (unpaired) electrons. The fourth-order valence-corrected chi connectivity index (χ4v) is 3.71. The number of likely N-dealkylation sites (tertiary alicyclic amines) is 1. The van der Waals surface area contributed by atoms with Crippen molar-refractivity contribution in [2.24, 2.45) is 10.2 Å². The first-order valence-corrected chi connectivity index (χ1v) is 9.82. The molecule has 0 bridgehead atoms. The molecule has 2 aliphatic rings. The van der Waals surface area contributed by atoms with Crippen LogP contribution in [0.3, 0.4) is 0 Å². The lowest BCUT2D eigenvalue weighted by atomic mass is 9.95. The van der Waals surface area contributed by atoms with Gasteiger partial charge in [-0.05, 0) is 12.8 Å². The number of nitrogens with one attached hydrogen (secondary N) is 1. The van der Waals surface area contributed by atoms with Crippen molar-refractivity contribution in [1.29, 1.82) is 0 Å². The quantitative estimate of drug-likeness (QED) is 0.750. The number of H-pyrrole nitrogens is 1. The molecule has 2 aromatic rings. The van der Waals surface area contributed by atoms with Crippen LogP contribution in [0.15, 0.2) is 40.6 Å². The Morgan fingerprint density at radius 1 is 1.21 bits per heavy atom. The number of hydrogen-bond donors (Lipinski definition) is 1. The second kappa shape index (κ2) is 7.93. The van der Waals surface area contributed by atoms with Crippen LogP contribution in [-0.2, 0) is 4.79 Å². The van der Waals surface area contributed by atoms with E-state index in [2.05, 4.69) is 31.3 Å². The maximum absolute atomic E-state index is 12.5. The van der Waals surface area contributed by atoms with E-state index in [1.54, 1.807) is 0 Å². The summed E-state index contributed by atoms with van der Waals surface area (Å²) in [4.78, 5) is 19.2. The number of rotatable bonds is 7. The summed E-state index contributed by atoms with van der Waals surface area (Å²) < 4.78 is 0. The first-order chi connectivity index (χ1) is 13.7. The first kappa shape index (κ1) is 18.4. The predicted octanol–water partition coefficient (Wildman–Crippen LogP) is 3.53. The highest BCUT2D eigenvalue weighted by molar-refractivity contribution is 5.76. The third-order valence-corrected chi connectivity index (χ3v) is 5.56. The van der Waals surface area contributed by atoms with Crippen LogP contribution in [0.4, 0.5) is 0 Å². The molecule has 28 heavy (non-hydrogen) atoms. The lowest BCUT2D eigenvalue weighted by Crippen LogP contribution is -2.38. The van der Waals surface area contributed by atoms with Gasteiger partial charge in [0.15, 0.2) is 11.5 Å². The molecule has 4 rings (SSSR count). The second-order valence-electron chi connectivity index (χ2n) is 7.45. The first-order valence-electron chi connectivity index (χ1n) is 9.82. The van der Waals surface area contributed by atoms with Crippen LogP contribution in [0.2, 0.25) is 0 Å². The molecule has 1 saturated heterocycles. The van der Waals surface area contributed by atoms with Crippen LogP contribution in [0.1, 0.15) is 50.3 Å². The van der Waals surface area contributed by atoms with Gasteiger partial charge in [0.2, 0.25) is 5.91 Å². The van der Waals surface area contributed by atoms with Gasteiger partial charge in [-0.3, -0.25) is 9.89 Å². The van der Waals surface area contributed by atoms with Crippen molar-refractivity contribution in [2.75, 3.05) is 13.1 Å². The van der Waals surface area contributed by atoms with E-state index in [-0.39, 0.29) is 11.6 Å². The van der Waals surface area contributed by atoms with Crippen LogP contribution in [0.5, 0.6) is 0 Å². The van der Waals surface area contributed by atoms with Gasteiger partial charge in [0.25, 0.3) is 0 Å². The van der Waals surface area contributed by atoms with E-state index >= 15 is 0 Å². The van der Waals surface area contributed by atoms with Crippen LogP contribution < -0.4 is 0 Å². The molecule has 1 aromatic heterocycles. The third-order valence-electron chi connectivity index (χ3n) is 5.56. The molecule has 7 heteroatoms. The van der Waals surface area contributed by atoms with Gasteiger partial charge in [0.05, 0.1) is 0 Å². The molecule has 2 aliphatic heterocycles. The van der Waals surface area contributed by atoms with Crippen LogP contribution in [0, 0.1) is 12.3 Å². The zero-order valence-electron chi connectivity index (χ0n) is 15.8. The van der Waals surface area contributed by atoms with Gasteiger partial charge >= 0.3 is 0 Å². The smallest absolute Gasteiger partial charge is 0.222 e. The summed E-state index contributed by atoms with van der Waals surface area (Å²) in [5.74, 6) is 4.74. The van der Waals surface area contributed by atoms with Crippen molar-refractivity contribution < 1.29 is 4.79 Å². The SMILES string of the molecule is C#CCCC1(CCC(=O)N2CCC(c3nc(-c4ccccc4)n[nH]3)CC2)N=N1. The molecule has 1 aromatic carbocycles. The Kier molecular flexibility index (Phi) is 5.20. The van der Waals surface area contributed by atoms with Gasteiger partial charge in [-0.25, -0.2) is 4.98 Å². The Hall–Kier alpha value is -3.01.